The lowest BCUT2D eigenvalue weighted by Gasteiger charge is -2.10. The van der Waals surface area contributed by atoms with E-state index in [1.54, 1.807) is 11.3 Å². The van der Waals surface area contributed by atoms with Gasteiger partial charge in [0, 0.05) is 17.5 Å². The van der Waals surface area contributed by atoms with Crippen LogP contribution < -0.4 is 10.6 Å². The van der Waals surface area contributed by atoms with Crippen LogP contribution in [0.4, 0.5) is 0 Å². The van der Waals surface area contributed by atoms with Crippen LogP contribution in [0.15, 0.2) is 27.0 Å². The quantitative estimate of drug-likeness (QED) is 0.632. The van der Waals surface area contributed by atoms with Crippen molar-refractivity contribution in [1.29, 1.82) is 0 Å². The van der Waals surface area contributed by atoms with Gasteiger partial charge >= 0.3 is 0 Å². The Morgan fingerprint density at radius 2 is 2.23 bits per heavy atom. The molecular formula is C16H24N4OS. The van der Waals surface area contributed by atoms with Gasteiger partial charge in [-0.1, -0.05) is 19.0 Å². The van der Waals surface area contributed by atoms with Gasteiger partial charge in [0.1, 0.15) is 6.54 Å². The first kappa shape index (κ1) is 16.5. The Labute approximate surface area is 135 Å². The van der Waals surface area contributed by atoms with Crippen LogP contribution >= 0.6 is 11.3 Å². The summed E-state index contributed by atoms with van der Waals surface area (Å²) in [7, 11) is 0. The number of aryl methyl sites for hydroxylation is 1. The molecule has 0 amide bonds. The van der Waals surface area contributed by atoms with Gasteiger partial charge < -0.3 is 15.2 Å². The largest absolute Gasteiger partial charge is 0.359 e. The molecule has 2 rings (SSSR count). The normalized spacial score (nSPS) is 12.0. The third-order valence-corrected chi connectivity index (χ3v) is 4.31. The van der Waals surface area contributed by atoms with Crippen LogP contribution in [-0.2, 0) is 13.1 Å². The molecule has 0 fully saturated rings. The molecule has 0 radical (unpaired) electrons. The lowest BCUT2D eigenvalue weighted by molar-refractivity contribution is 0.376. The summed E-state index contributed by atoms with van der Waals surface area (Å²) in [6.45, 7) is 10.5. The molecule has 0 saturated carbocycles. The number of aliphatic imine (C=N–C) groups is 1. The summed E-state index contributed by atoms with van der Waals surface area (Å²) in [4.78, 5) is 5.88. The van der Waals surface area contributed by atoms with Crippen molar-refractivity contribution in [3.05, 3.63) is 39.4 Å². The molecule has 0 aliphatic carbocycles. The van der Waals surface area contributed by atoms with Gasteiger partial charge in [0.15, 0.2) is 11.7 Å². The van der Waals surface area contributed by atoms with E-state index < -0.39 is 0 Å². The van der Waals surface area contributed by atoms with Crippen LogP contribution in [0.5, 0.6) is 0 Å². The minimum Gasteiger partial charge on any atom is -0.359 e. The second kappa shape index (κ2) is 7.98. The average Bonchev–Trinajstić information content (AvgIpc) is 3.11. The minimum atomic E-state index is 0.370. The molecule has 2 N–H and O–H groups in total. The van der Waals surface area contributed by atoms with Crippen molar-refractivity contribution in [2.45, 2.75) is 46.7 Å². The molecule has 22 heavy (non-hydrogen) atoms. The SMILES string of the molecule is CCNC(=NCc1cc(C(C)C)no1)NCc1sccc1C. The number of aromatic nitrogens is 1. The van der Waals surface area contributed by atoms with Gasteiger partial charge in [-0.25, -0.2) is 4.99 Å². The maximum Gasteiger partial charge on any atom is 0.191 e. The van der Waals surface area contributed by atoms with Crippen LogP contribution in [0.3, 0.4) is 0 Å². The minimum absolute atomic E-state index is 0.370. The standard InChI is InChI=1S/C16H24N4OS/c1-5-17-16(19-10-15-12(4)6-7-22-15)18-9-13-8-14(11(2)3)20-21-13/h6-8,11H,5,9-10H2,1-4H3,(H2,17,18,19). The molecule has 2 heterocycles. The van der Waals surface area contributed by atoms with Crippen LogP contribution in [0, 0.1) is 6.92 Å². The summed E-state index contributed by atoms with van der Waals surface area (Å²) in [5.41, 5.74) is 2.28. The maximum atomic E-state index is 5.31. The highest BCUT2D eigenvalue weighted by Crippen LogP contribution is 2.15. The van der Waals surface area contributed by atoms with Crippen LogP contribution in [0.2, 0.25) is 0 Å². The number of rotatable bonds is 6. The molecule has 0 atom stereocenters. The van der Waals surface area contributed by atoms with Gasteiger partial charge in [-0.3, -0.25) is 0 Å². The molecule has 0 aliphatic rings. The predicted octanol–water partition coefficient (Wildman–Crippen LogP) is 3.42. The Morgan fingerprint density at radius 3 is 2.82 bits per heavy atom. The van der Waals surface area contributed by atoms with Crippen molar-refractivity contribution >= 4 is 17.3 Å². The van der Waals surface area contributed by atoms with Crippen LogP contribution in [0.25, 0.3) is 0 Å². The van der Waals surface area contributed by atoms with Crippen LogP contribution in [0.1, 0.15) is 48.6 Å². The Hall–Kier alpha value is -1.82. The Balaban J connectivity index is 1.95. The first-order valence-electron chi connectivity index (χ1n) is 7.60. The highest BCUT2D eigenvalue weighted by Gasteiger charge is 2.08. The molecular weight excluding hydrogens is 296 g/mol. The van der Waals surface area contributed by atoms with E-state index in [0.717, 1.165) is 30.5 Å². The van der Waals surface area contributed by atoms with Gasteiger partial charge in [0.2, 0.25) is 0 Å². The van der Waals surface area contributed by atoms with Crippen molar-refractivity contribution in [3.63, 3.8) is 0 Å². The summed E-state index contributed by atoms with van der Waals surface area (Å²) in [5.74, 6) is 1.95. The number of guanidine groups is 1. The van der Waals surface area contributed by atoms with Crippen LogP contribution in [-0.4, -0.2) is 17.7 Å². The number of nitrogens with zero attached hydrogens (tertiary/aromatic N) is 2. The Kier molecular flexibility index (Phi) is 6.00. The first-order valence-corrected chi connectivity index (χ1v) is 8.48. The summed E-state index contributed by atoms with van der Waals surface area (Å²) >= 11 is 1.76. The number of thiophene rings is 1. The second-order valence-corrected chi connectivity index (χ2v) is 6.45. The van der Waals surface area contributed by atoms with E-state index in [1.807, 2.05) is 6.07 Å². The molecule has 6 heteroatoms. The predicted molar refractivity (Wildman–Crippen MR) is 91.3 cm³/mol. The molecule has 2 aromatic rings. The number of hydrogen-bond donors (Lipinski definition) is 2. The fraction of sp³-hybridized carbons (Fsp3) is 0.500. The van der Waals surface area contributed by atoms with Gasteiger partial charge in [0.25, 0.3) is 0 Å². The van der Waals surface area contributed by atoms with Crippen molar-refractivity contribution in [2.24, 2.45) is 4.99 Å². The third-order valence-electron chi connectivity index (χ3n) is 3.29. The fourth-order valence-electron chi connectivity index (χ4n) is 1.92. The molecule has 0 aromatic carbocycles. The van der Waals surface area contributed by atoms with Gasteiger partial charge in [-0.15, -0.1) is 11.3 Å². The van der Waals surface area contributed by atoms with E-state index in [4.69, 9.17) is 4.52 Å². The van der Waals surface area contributed by atoms with E-state index in [9.17, 15) is 0 Å². The second-order valence-electron chi connectivity index (χ2n) is 5.45. The first-order chi connectivity index (χ1) is 10.6. The number of nitrogens with one attached hydrogen (secondary N) is 2. The van der Waals surface area contributed by atoms with E-state index in [0.29, 0.717) is 12.5 Å². The molecule has 5 nitrogen and oxygen atoms in total. The lowest BCUT2D eigenvalue weighted by Crippen LogP contribution is -2.36. The van der Waals surface area contributed by atoms with Crippen molar-refractivity contribution in [1.82, 2.24) is 15.8 Å². The fourth-order valence-corrected chi connectivity index (χ4v) is 2.77. The van der Waals surface area contributed by atoms with Crippen molar-refractivity contribution in [3.8, 4) is 0 Å². The van der Waals surface area contributed by atoms with E-state index in [-0.39, 0.29) is 0 Å². The third kappa shape index (κ3) is 4.59. The monoisotopic (exact) mass is 320 g/mol. The molecule has 0 saturated heterocycles. The molecule has 120 valence electrons. The lowest BCUT2D eigenvalue weighted by atomic mass is 10.1. The maximum absolute atomic E-state index is 5.31. The molecule has 0 unspecified atom stereocenters. The molecule has 0 spiro atoms. The number of hydrogen-bond acceptors (Lipinski definition) is 4. The summed E-state index contributed by atoms with van der Waals surface area (Å²) in [6, 6.07) is 4.11. The topological polar surface area (TPSA) is 62.5 Å². The average molecular weight is 320 g/mol. The zero-order valence-corrected chi connectivity index (χ0v) is 14.5. The summed E-state index contributed by atoms with van der Waals surface area (Å²) < 4.78 is 5.31. The highest BCUT2D eigenvalue weighted by molar-refractivity contribution is 7.10. The smallest absolute Gasteiger partial charge is 0.191 e. The van der Waals surface area contributed by atoms with E-state index >= 15 is 0 Å². The zero-order valence-electron chi connectivity index (χ0n) is 13.6. The molecule has 0 aliphatic heterocycles. The Bertz CT molecular complexity index is 615. The van der Waals surface area contributed by atoms with Gasteiger partial charge in [-0.05, 0) is 36.8 Å². The van der Waals surface area contributed by atoms with Gasteiger partial charge in [0.05, 0.1) is 12.2 Å². The Morgan fingerprint density at radius 1 is 1.41 bits per heavy atom. The molecule has 0 bridgehead atoms. The van der Waals surface area contributed by atoms with E-state index in [2.05, 4.69) is 59.9 Å². The summed E-state index contributed by atoms with van der Waals surface area (Å²) in [6.07, 6.45) is 0. The highest BCUT2D eigenvalue weighted by atomic mass is 32.1. The zero-order chi connectivity index (χ0) is 15.9. The van der Waals surface area contributed by atoms with Crippen molar-refractivity contribution in [2.75, 3.05) is 6.54 Å². The summed E-state index contributed by atoms with van der Waals surface area (Å²) in [5, 5.41) is 12.8. The van der Waals surface area contributed by atoms with Gasteiger partial charge in [-0.2, -0.15) is 0 Å². The van der Waals surface area contributed by atoms with E-state index in [1.165, 1.54) is 10.4 Å². The van der Waals surface area contributed by atoms with Crippen molar-refractivity contribution < 1.29 is 4.52 Å². The molecule has 2 aromatic heterocycles.